The number of para-hydroxylation sites is 1. The summed E-state index contributed by atoms with van der Waals surface area (Å²) in [6.07, 6.45) is 0. The van der Waals surface area contributed by atoms with Gasteiger partial charge >= 0.3 is 0 Å². The monoisotopic (exact) mass is 383 g/mol. The Morgan fingerprint density at radius 2 is 1.69 bits per heavy atom. The second-order valence-corrected chi connectivity index (χ2v) is 6.69. The van der Waals surface area contributed by atoms with Gasteiger partial charge < -0.3 is 21.2 Å². The largest absolute Gasteiger partial charge is 0.457 e. The van der Waals surface area contributed by atoms with Crippen molar-refractivity contribution in [3.63, 3.8) is 0 Å². The Hall–Kier alpha value is -4.26. The van der Waals surface area contributed by atoms with Crippen molar-refractivity contribution in [2.24, 2.45) is 5.73 Å². The van der Waals surface area contributed by atoms with Crippen molar-refractivity contribution >= 4 is 28.3 Å². The quantitative estimate of drug-likeness (QED) is 0.408. The molecule has 0 spiro atoms. The number of imidazole rings is 1. The number of carbonyl (C=O) groups is 1. The van der Waals surface area contributed by atoms with E-state index in [4.69, 9.17) is 16.2 Å². The molecular formula is C22H17N5O2. The van der Waals surface area contributed by atoms with Crippen molar-refractivity contribution in [1.29, 1.82) is 0 Å². The minimum absolute atomic E-state index is 0.330. The van der Waals surface area contributed by atoms with E-state index in [1.807, 2.05) is 60.7 Å². The molecule has 7 heteroatoms. The van der Waals surface area contributed by atoms with Gasteiger partial charge in [0.25, 0.3) is 5.91 Å². The molecule has 5 aromatic rings. The Bertz CT molecular complexity index is 1350. The number of benzene rings is 3. The Morgan fingerprint density at radius 3 is 2.41 bits per heavy atom. The van der Waals surface area contributed by atoms with Crippen LogP contribution in [0.2, 0.25) is 0 Å². The summed E-state index contributed by atoms with van der Waals surface area (Å²) in [6.45, 7) is 0. The van der Waals surface area contributed by atoms with E-state index in [1.165, 1.54) is 0 Å². The number of amides is 1. The summed E-state index contributed by atoms with van der Waals surface area (Å²) in [5, 5.41) is 4.64. The van der Waals surface area contributed by atoms with Gasteiger partial charge in [0.15, 0.2) is 0 Å². The van der Waals surface area contributed by atoms with E-state index in [0.717, 1.165) is 22.3 Å². The van der Waals surface area contributed by atoms with Gasteiger partial charge in [-0.05, 0) is 54.6 Å². The minimum Gasteiger partial charge on any atom is -0.457 e. The zero-order valence-electron chi connectivity index (χ0n) is 15.3. The number of anilines is 1. The van der Waals surface area contributed by atoms with Crippen molar-refractivity contribution in [2.75, 3.05) is 5.73 Å². The summed E-state index contributed by atoms with van der Waals surface area (Å²) in [5.41, 5.74) is 15.9. The topological polar surface area (TPSA) is 111 Å². The van der Waals surface area contributed by atoms with E-state index < -0.39 is 5.91 Å². The van der Waals surface area contributed by atoms with Crippen LogP contribution in [-0.4, -0.2) is 20.5 Å². The smallest absolute Gasteiger partial charge is 0.254 e. The number of ether oxygens (including phenoxy) is 1. The summed E-state index contributed by atoms with van der Waals surface area (Å²) >= 11 is 0. The first-order valence-corrected chi connectivity index (χ1v) is 9.03. The van der Waals surface area contributed by atoms with Crippen LogP contribution in [0.4, 0.5) is 5.69 Å². The van der Waals surface area contributed by atoms with E-state index >= 15 is 0 Å². The van der Waals surface area contributed by atoms with Crippen LogP contribution in [0, 0.1) is 0 Å². The molecule has 0 fully saturated rings. The molecule has 0 bridgehead atoms. The summed E-state index contributed by atoms with van der Waals surface area (Å²) in [7, 11) is 0. The molecule has 0 saturated carbocycles. The molecule has 0 atom stereocenters. The first-order chi connectivity index (χ1) is 14.1. The van der Waals surface area contributed by atoms with Crippen molar-refractivity contribution in [2.45, 2.75) is 0 Å². The van der Waals surface area contributed by atoms with Crippen molar-refractivity contribution in [1.82, 2.24) is 14.6 Å². The van der Waals surface area contributed by atoms with Gasteiger partial charge in [0, 0.05) is 11.3 Å². The number of carbonyl (C=O) groups excluding carboxylic acids is 1. The number of nitrogens with one attached hydrogen (secondary N) is 1. The molecule has 29 heavy (non-hydrogen) atoms. The molecule has 2 aromatic heterocycles. The van der Waals surface area contributed by atoms with Gasteiger partial charge in [-0.3, -0.25) is 4.79 Å². The minimum atomic E-state index is -0.556. The Labute approximate surface area is 165 Å². The highest BCUT2D eigenvalue weighted by atomic mass is 16.5. The third-order valence-electron chi connectivity index (χ3n) is 4.74. The average molecular weight is 383 g/mol. The Kier molecular flexibility index (Phi) is 3.74. The van der Waals surface area contributed by atoms with Crippen LogP contribution in [0.5, 0.6) is 11.5 Å². The fourth-order valence-corrected chi connectivity index (χ4v) is 3.41. The summed E-state index contributed by atoms with van der Waals surface area (Å²) in [6, 6.07) is 22.3. The number of nitrogen functional groups attached to an aromatic ring is 1. The molecule has 0 radical (unpaired) electrons. The number of aromatic nitrogens is 3. The molecule has 7 nitrogen and oxygen atoms in total. The van der Waals surface area contributed by atoms with E-state index in [0.29, 0.717) is 28.3 Å². The van der Waals surface area contributed by atoms with E-state index in [9.17, 15) is 4.79 Å². The third-order valence-corrected chi connectivity index (χ3v) is 4.74. The number of primary amides is 1. The number of hydrogen-bond donors (Lipinski definition) is 3. The predicted octanol–water partition coefficient (Wildman–Crippen LogP) is 3.96. The molecule has 0 aliphatic carbocycles. The molecular weight excluding hydrogens is 366 g/mol. The predicted molar refractivity (Wildman–Crippen MR) is 112 cm³/mol. The van der Waals surface area contributed by atoms with Crippen LogP contribution in [0.15, 0.2) is 72.8 Å². The van der Waals surface area contributed by atoms with E-state index in [-0.39, 0.29) is 0 Å². The number of nitrogens with zero attached hydrogens (tertiary/aromatic N) is 2. The fraction of sp³-hybridized carbons (Fsp3) is 0. The maximum Gasteiger partial charge on any atom is 0.254 e. The van der Waals surface area contributed by atoms with Gasteiger partial charge in [-0.15, -0.1) is 0 Å². The lowest BCUT2D eigenvalue weighted by atomic mass is 10.1. The molecule has 0 saturated heterocycles. The van der Waals surface area contributed by atoms with Crippen LogP contribution in [0.1, 0.15) is 10.4 Å². The maximum absolute atomic E-state index is 12.2. The third kappa shape index (κ3) is 2.85. The molecule has 5 rings (SSSR count). The molecule has 0 aliphatic rings. The van der Waals surface area contributed by atoms with E-state index in [1.54, 1.807) is 16.6 Å². The molecule has 2 heterocycles. The van der Waals surface area contributed by atoms with Crippen molar-refractivity contribution in [3.8, 4) is 22.8 Å². The summed E-state index contributed by atoms with van der Waals surface area (Å²) < 4.78 is 7.50. The molecule has 0 aliphatic heterocycles. The standard InChI is InChI=1S/C22H17N5O2/c23-14-8-11-18-17(12-14)25-22-19(21(24)28)20(26-27(18)22)13-6-9-16(10-7-13)29-15-4-2-1-3-5-15/h1-12,25H,23H2,(H2,24,28). The van der Waals surface area contributed by atoms with Gasteiger partial charge in [-0.2, -0.15) is 5.10 Å². The first-order valence-electron chi connectivity index (χ1n) is 9.03. The first kappa shape index (κ1) is 16.9. The highest BCUT2D eigenvalue weighted by Gasteiger charge is 2.22. The number of nitrogens with two attached hydrogens (primary N) is 2. The number of hydrogen-bond acceptors (Lipinski definition) is 4. The zero-order chi connectivity index (χ0) is 20.0. The molecule has 3 aromatic carbocycles. The van der Waals surface area contributed by atoms with Gasteiger partial charge in [-0.1, -0.05) is 18.2 Å². The number of fused-ring (bicyclic) bond motifs is 3. The lowest BCUT2D eigenvalue weighted by Gasteiger charge is -2.06. The van der Waals surface area contributed by atoms with Crippen LogP contribution in [-0.2, 0) is 0 Å². The zero-order valence-corrected chi connectivity index (χ0v) is 15.3. The van der Waals surface area contributed by atoms with Crippen LogP contribution >= 0.6 is 0 Å². The second-order valence-electron chi connectivity index (χ2n) is 6.69. The Balaban J connectivity index is 1.59. The van der Waals surface area contributed by atoms with Crippen LogP contribution in [0.3, 0.4) is 0 Å². The lowest BCUT2D eigenvalue weighted by Crippen LogP contribution is -2.12. The normalized spacial score (nSPS) is 11.2. The average Bonchev–Trinajstić information content (AvgIpc) is 3.24. The Morgan fingerprint density at radius 1 is 0.966 bits per heavy atom. The van der Waals surface area contributed by atoms with Gasteiger partial charge in [0.2, 0.25) is 0 Å². The van der Waals surface area contributed by atoms with Crippen LogP contribution < -0.4 is 16.2 Å². The summed E-state index contributed by atoms with van der Waals surface area (Å²) in [4.78, 5) is 15.4. The van der Waals surface area contributed by atoms with Crippen molar-refractivity contribution in [3.05, 3.63) is 78.4 Å². The highest BCUT2D eigenvalue weighted by molar-refractivity contribution is 6.06. The van der Waals surface area contributed by atoms with Crippen LogP contribution in [0.25, 0.3) is 27.9 Å². The molecule has 0 unspecified atom stereocenters. The molecule has 142 valence electrons. The molecule has 5 N–H and O–H groups in total. The number of H-pyrrole nitrogens is 1. The summed E-state index contributed by atoms with van der Waals surface area (Å²) in [5.74, 6) is 0.879. The number of rotatable bonds is 4. The highest BCUT2D eigenvalue weighted by Crippen LogP contribution is 2.31. The van der Waals surface area contributed by atoms with Gasteiger partial charge in [-0.25, -0.2) is 4.52 Å². The SMILES string of the molecule is NC(=O)c1c(-c2ccc(Oc3ccccc3)cc2)nn2c1[nH]c1cc(N)ccc12. The van der Waals surface area contributed by atoms with E-state index in [2.05, 4.69) is 10.1 Å². The van der Waals surface area contributed by atoms with Crippen molar-refractivity contribution < 1.29 is 9.53 Å². The van der Waals surface area contributed by atoms with Gasteiger partial charge in [0.05, 0.1) is 11.0 Å². The lowest BCUT2D eigenvalue weighted by molar-refractivity contribution is 0.100. The number of aromatic amines is 1. The second kappa shape index (κ2) is 6.42. The maximum atomic E-state index is 12.2. The fourth-order valence-electron chi connectivity index (χ4n) is 3.41. The molecule has 1 amide bonds. The van der Waals surface area contributed by atoms with Gasteiger partial charge in [0.1, 0.15) is 28.4 Å².